The van der Waals surface area contributed by atoms with Crippen LogP contribution in [0.1, 0.15) is 25.7 Å². The number of hydrogen-bond acceptors (Lipinski definition) is 3. The summed E-state index contributed by atoms with van der Waals surface area (Å²) in [5, 5.41) is 4.07. The van der Waals surface area contributed by atoms with Gasteiger partial charge in [0.15, 0.2) is 0 Å². The molecule has 1 fully saturated rings. The monoisotopic (exact) mass is 346 g/mol. The first kappa shape index (κ1) is 19.1. The average Bonchev–Trinajstić information content (AvgIpc) is 2.98. The van der Waals surface area contributed by atoms with Crippen molar-refractivity contribution in [2.75, 3.05) is 26.7 Å². The molecule has 0 radical (unpaired) electrons. The Kier molecular flexibility index (Phi) is 8.61. The first-order valence-electron chi connectivity index (χ1n) is 7.51. The number of carbonyl (C=O) groups is 1. The lowest BCUT2D eigenvalue weighted by molar-refractivity contribution is -0.130. The van der Waals surface area contributed by atoms with Gasteiger partial charge in [0.2, 0.25) is 5.91 Å². The van der Waals surface area contributed by atoms with E-state index in [-0.39, 0.29) is 18.3 Å². The SMILES string of the molecule is CN(CCOc1cccc(Cl)c1)C(=O)CCC1CCCN1.Cl. The zero-order valence-corrected chi connectivity index (χ0v) is 14.5. The van der Waals surface area contributed by atoms with E-state index in [0.29, 0.717) is 30.6 Å². The smallest absolute Gasteiger partial charge is 0.222 e. The van der Waals surface area contributed by atoms with E-state index in [1.54, 1.807) is 17.0 Å². The van der Waals surface area contributed by atoms with Crippen molar-refractivity contribution in [3.05, 3.63) is 29.3 Å². The Morgan fingerprint density at radius 1 is 1.50 bits per heavy atom. The third-order valence-corrected chi connectivity index (χ3v) is 4.02. The van der Waals surface area contributed by atoms with Gasteiger partial charge < -0.3 is 15.0 Å². The van der Waals surface area contributed by atoms with Crippen LogP contribution in [0.4, 0.5) is 0 Å². The van der Waals surface area contributed by atoms with Crippen molar-refractivity contribution in [1.82, 2.24) is 10.2 Å². The number of benzene rings is 1. The molecule has 1 aliphatic rings. The molecule has 4 nitrogen and oxygen atoms in total. The predicted molar refractivity (Wildman–Crippen MR) is 92.1 cm³/mol. The van der Waals surface area contributed by atoms with Crippen LogP contribution in [0.2, 0.25) is 5.02 Å². The van der Waals surface area contributed by atoms with E-state index < -0.39 is 0 Å². The maximum atomic E-state index is 12.0. The van der Waals surface area contributed by atoms with Crippen molar-refractivity contribution in [2.24, 2.45) is 0 Å². The molecule has 0 aromatic heterocycles. The molecule has 0 spiro atoms. The van der Waals surface area contributed by atoms with Crippen LogP contribution in [0, 0.1) is 0 Å². The Morgan fingerprint density at radius 2 is 2.32 bits per heavy atom. The molecule has 0 bridgehead atoms. The highest BCUT2D eigenvalue weighted by Gasteiger charge is 2.16. The van der Waals surface area contributed by atoms with Crippen molar-refractivity contribution in [3.63, 3.8) is 0 Å². The van der Waals surface area contributed by atoms with Crippen LogP contribution in [0.25, 0.3) is 0 Å². The highest BCUT2D eigenvalue weighted by molar-refractivity contribution is 6.30. The third-order valence-electron chi connectivity index (χ3n) is 3.79. The van der Waals surface area contributed by atoms with Gasteiger partial charge in [-0.1, -0.05) is 17.7 Å². The van der Waals surface area contributed by atoms with Gasteiger partial charge in [0.25, 0.3) is 0 Å². The summed E-state index contributed by atoms with van der Waals surface area (Å²) in [5.74, 6) is 0.914. The molecule has 1 heterocycles. The summed E-state index contributed by atoms with van der Waals surface area (Å²) >= 11 is 5.89. The summed E-state index contributed by atoms with van der Waals surface area (Å²) in [6.07, 6.45) is 3.95. The van der Waals surface area contributed by atoms with Crippen LogP contribution in [0.15, 0.2) is 24.3 Å². The van der Waals surface area contributed by atoms with Crippen LogP contribution >= 0.6 is 24.0 Å². The highest BCUT2D eigenvalue weighted by atomic mass is 35.5. The fourth-order valence-corrected chi connectivity index (χ4v) is 2.65. The zero-order valence-electron chi connectivity index (χ0n) is 12.9. The van der Waals surface area contributed by atoms with E-state index in [2.05, 4.69) is 5.32 Å². The van der Waals surface area contributed by atoms with Crippen LogP contribution in [-0.4, -0.2) is 43.6 Å². The number of likely N-dealkylation sites (N-methyl/N-ethyl adjacent to an activating group) is 1. The minimum absolute atomic E-state index is 0. The van der Waals surface area contributed by atoms with Crippen LogP contribution < -0.4 is 10.1 Å². The van der Waals surface area contributed by atoms with Crippen molar-refractivity contribution >= 4 is 29.9 Å². The molecular formula is C16H24Cl2N2O2. The number of nitrogens with one attached hydrogen (secondary N) is 1. The molecule has 124 valence electrons. The van der Waals surface area contributed by atoms with Crippen LogP contribution in [0.3, 0.4) is 0 Å². The maximum absolute atomic E-state index is 12.0. The Bertz CT molecular complexity index is 465. The number of carbonyl (C=O) groups excluding carboxylic acids is 1. The number of halogens is 2. The van der Waals surface area contributed by atoms with Gasteiger partial charge in [-0.25, -0.2) is 0 Å². The average molecular weight is 347 g/mol. The van der Waals surface area contributed by atoms with E-state index in [4.69, 9.17) is 16.3 Å². The molecule has 1 saturated heterocycles. The van der Waals surface area contributed by atoms with E-state index in [0.717, 1.165) is 18.7 Å². The van der Waals surface area contributed by atoms with E-state index >= 15 is 0 Å². The third kappa shape index (κ3) is 6.42. The van der Waals surface area contributed by atoms with E-state index in [1.807, 2.05) is 19.2 Å². The van der Waals surface area contributed by atoms with Gasteiger partial charge >= 0.3 is 0 Å². The standard InChI is InChI=1S/C16H23ClN2O2.ClH/c1-19(16(20)8-7-14-5-3-9-18-14)10-11-21-15-6-2-4-13(17)12-15;/h2,4,6,12,14,18H,3,5,7-11H2,1H3;1H. The number of hydrogen-bond donors (Lipinski definition) is 1. The van der Waals surface area contributed by atoms with Gasteiger partial charge in [-0.15, -0.1) is 12.4 Å². The molecule has 0 aliphatic carbocycles. The number of nitrogens with zero attached hydrogens (tertiary/aromatic N) is 1. The number of ether oxygens (including phenoxy) is 1. The molecule has 1 unspecified atom stereocenters. The van der Waals surface area contributed by atoms with Crippen molar-refractivity contribution < 1.29 is 9.53 Å². The molecule has 1 atom stereocenters. The van der Waals surface area contributed by atoms with Crippen LogP contribution in [-0.2, 0) is 4.79 Å². The maximum Gasteiger partial charge on any atom is 0.222 e. The minimum atomic E-state index is 0. The Hall–Kier alpha value is -0.970. The second-order valence-electron chi connectivity index (χ2n) is 5.45. The van der Waals surface area contributed by atoms with Gasteiger partial charge in [-0.05, 0) is 44.0 Å². The van der Waals surface area contributed by atoms with Gasteiger partial charge in [0.05, 0.1) is 6.54 Å². The molecule has 0 saturated carbocycles. The van der Waals surface area contributed by atoms with Crippen LogP contribution in [0.5, 0.6) is 5.75 Å². The number of amides is 1. The largest absolute Gasteiger partial charge is 0.492 e. The Morgan fingerprint density at radius 3 is 3.00 bits per heavy atom. The summed E-state index contributed by atoms with van der Waals surface area (Å²) in [4.78, 5) is 13.8. The molecule has 1 aliphatic heterocycles. The molecule has 1 amide bonds. The molecule has 22 heavy (non-hydrogen) atoms. The Balaban J connectivity index is 0.00000242. The highest BCUT2D eigenvalue weighted by Crippen LogP contribution is 2.17. The molecular weight excluding hydrogens is 323 g/mol. The molecule has 6 heteroatoms. The lowest BCUT2D eigenvalue weighted by atomic mass is 10.1. The lowest BCUT2D eigenvalue weighted by Gasteiger charge is -2.18. The minimum Gasteiger partial charge on any atom is -0.492 e. The second-order valence-corrected chi connectivity index (χ2v) is 5.89. The fourth-order valence-electron chi connectivity index (χ4n) is 2.47. The fraction of sp³-hybridized carbons (Fsp3) is 0.562. The quantitative estimate of drug-likeness (QED) is 0.824. The van der Waals surface area contributed by atoms with Crippen molar-refractivity contribution in [2.45, 2.75) is 31.7 Å². The summed E-state index contributed by atoms with van der Waals surface area (Å²) < 4.78 is 5.59. The molecule has 1 aromatic carbocycles. The van der Waals surface area contributed by atoms with E-state index in [9.17, 15) is 4.79 Å². The van der Waals surface area contributed by atoms with Gasteiger partial charge in [-0.3, -0.25) is 4.79 Å². The van der Waals surface area contributed by atoms with Crippen molar-refractivity contribution in [3.8, 4) is 5.75 Å². The molecule has 2 rings (SSSR count). The van der Waals surface area contributed by atoms with Gasteiger partial charge in [0, 0.05) is 24.5 Å². The van der Waals surface area contributed by atoms with Gasteiger partial charge in [-0.2, -0.15) is 0 Å². The predicted octanol–water partition coefficient (Wildman–Crippen LogP) is 3.13. The van der Waals surface area contributed by atoms with Gasteiger partial charge in [0.1, 0.15) is 12.4 Å². The lowest BCUT2D eigenvalue weighted by Crippen LogP contribution is -2.32. The first-order chi connectivity index (χ1) is 10.1. The summed E-state index contributed by atoms with van der Waals surface area (Å²) in [7, 11) is 1.83. The first-order valence-corrected chi connectivity index (χ1v) is 7.88. The second kappa shape index (κ2) is 9.93. The number of rotatable bonds is 7. The summed E-state index contributed by atoms with van der Waals surface area (Å²) in [6.45, 7) is 2.15. The molecule has 1 N–H and O–H groups in total. The molecule has 1 aromatic rings. The summed E-state index contributed by atoms with van der Waals surface area (Å²) in [6, 6.07) is 7.81. The normalized spacial score (nSPS) is 16.9. The zero-order chi connectivity index (χ0) is 15.1. The van der Waals surface area contributed by atoms with Crippen molar-refractivity contribution in [1.29, 1.82) is 0 Å². The van der Waals surface area contributed by atoms with E-state index in [1.165, 1.54) is 12.8 Å². The topological polar surface area (TPSA) is 41.6 Å². The Labute approximate surface area is 143 Å². The summed E-state index contributed by atoms with van der Waals surface area (Å²) in [5.41, 5.74) is 0.